The van der Waals surface area contributed by atoms with Gasteiger partial charge in [0.15, 0.2) is 17.5 Å². The lowest BCUT2D eigenvalue weighted by molar-refractivity contribution is 0.437. The van der Waals surface area contributed by atoms with Gasteiger partial charge < -0.3 is 5.32 Å². The average molecular weight is 491 g/mol. The van der Waals surface area contributed by atoms with Crippen molar-refractivity contribution in [2.75, 3.05) is 0 Å². The van der Waals surface area contributed by atoms with Crippen LogP contribution in [0.2, 0.25) is 0 Å². The SMILES string of the molecule is Cc1nc([C@@H](C)n2cnc3sc4c(c3c2=O)CC[C@H](NCc2cc(F)c(F)c(F)c2)C4)cs1. The Morgan fingerprint density at radius 3 is 2.73 bits per heavy atom. The lowest BCUT2D eigenvalue weighted by Crippen LogP contribution is -2.34. The number of aryl methyl sites for hydroxylation is 2. The van der Waals surface area contributed by atoms with Crippen LogP contribution in [0.3, 0.4) is 0 Å². The maximum absolute atomic E-state index is 13.5. The highest BCUT2D eigenvalue weighted by molar-refractivity contribution is 7.18. The van der Waals surface area contributed by atoms with E-state index in [1.807, 2.05) is 19.2 Å². The molecule has 0 spiro atoms. The summed E-state index contributed by atoms with van der Waals surface area (Å²) >= 11 is 3.07. The summed E-state index contributed by atoms with van der Waals surface area (Å²) in [4.78, 5) is 24.3. The molecule has 1 aliphatic carbocycles. The van der Waals surface area contributed by atoms with Gasteiger partial charge in [0.25, 0.3) is 5.56 Å². The van der Waals surface area contributed by atoms with Gasteiger partial charge >= 0.3 is 0 Å². The summed E-state index contributed by atoms with van der Waals surface area (Å²) in [5, 5.41) is 6.91. The Balaban J connectivity index is 1.37. The number of hydrogen-bond acceptors (Lipinski definition) is 6. The molecule has 172 valence electrons. The van der Waals surface area contributed by atoms with E-state index in [9.17, 15) is 18.0 Å². The number of fused-ring (bicyclic) bond motifs is 3. The van der Waals surface area contributed by atoms with Crippen molar-refractivity contribution in [2.24, 2.45) is 0 Å². The zero-order valence-electron chi connectivity index (χ0n) is 18.0. The van der Waals surface area contributed by atoms with Gasteiger partial charge in [-0.25, -0.2) is 23.1 Å². The van der Waals surface area contributed by atoms with E-state index in [1.165, 1.54) is 11.3 Å². The van der Waals surface area contributed by atoms with Crippen molar-refractivity contribution < 1.29 is 13.2 Å². The van der Waals surface area contributed by atoms with E-state index in [0.717, 1.165) is 44.5 Å². The molecule has 5 rings (SSSR count). The van der Waals surface area contributed by atoms with Gasteiger partial charge in [-0.1, -0.05) is 0 Å². The predicted molar refractivity (Wildman–Crippen MR) is 124 cm³/mol. The minimum atomic E-state index is -1.45. The minimum absolute atomic E-state index is 0.0562. The number of benzene rings is 1. The van der Waals surface area contributed by atoms with E-state index in [4.69, 9.17) is 0 Å². The molecule has 0 aliphatic heterocycles. The monoisotopic (exact) mass is 490 g/mol. The van der Waals surface area contributed by atoms with Crippen molar-refractivity contribution in [3.05, 3.63) is 78.4 Å². The first-order valence-corrected chi connectivity index (χ1v) is 12.3. The summed E-state index contributed by atoms with van der Waals surface area (Å²) in [7, 11) is 0. The van der Waals surface area contributed by atoms with Crippen LogP contribution in [0.1, 0.15) is 46.1 Å². The summed E-state index contributed by atoms with van der Waals surface area (Å²) in [6, 6.07) is 1.90. The van der Waals surface area contributed by atoms with Crippen molar-refractivity contribution in [1.29, 1.82) is 0 Å². The number of hydrogen-bond donors (Lipinski definition) is 1. The highest BCUT2D eigenvalue weighted by Gasteiger charge is 2.26. The van der Waals surface area contributed by atoms with Crippen LogP contribution in [-0.4, -0.2) is 20.6 Å². The standard InChI is InChI=1S/C23H21F3N4OS2/c1-11(18-9-32-12(2)29-18)30-10-28-22-20(23(30)31)15-4-3-14(7-19(15)33-22)27-8-13-5-16(24)21(26)17(25)6-13/h5-6,9-11,14,27H,3-4,7-8H2,1-2H3/t11-,14+/m1/s1. The average Bonchev–Trinajstić information content (AvgIpc) is 3.39. The van der Waals surface area contributed by atoms with E-state index >= 15 is 0 Å². The summed E-state index contributed by atoms with van der Waals surface area (Å²) in [6.07, 6.45) is 3.78. The second-order valence-corrected chi connectivity index (χ2v) is 10.4. The molecule has 4 aromatic rings. The van der Waals surface area contributed by atoms with E-state index in [0.29, 0.717) is 23.8 Å². The Morgan fingerprint density at radius 1 is 1.27 bits per heavy atom. The van der Waals surface area contributed by atoms with Crippen molar-refractivity contribution in [2.45, 2.75) is 51.7 Å². The molecule has 0 radical (unpaired) electrons. The van der Waals surface area contributed by atoms with Gasteiger partial charge in [0.1, 0.15) is 4.83 Å². The molecule has 1 N–H and O–H groups in total. The molecule has 0 saturated carbocycles. The van der Waals surface area contributed by atoms with Crippen molar-refractivity contribution in [1.82, 2.24) is 19.9 Å². The Labute approximate surface area is 195 Å². The highest BCUT2D eigenvalue weighted by atomic mass is 32.1. The van der Waals surface area contributed by atoms with Crippen LogP contribution < -0.4 is 10.9 Å². The molecule has 10 heteroatoms. The predicted octanol–water partition coefficient (Wildman–Crippen LogP) is 4.90. The molecule has 0 unspecified atom stereocenters. The Morgan fingerprint density at radius 2 is 2.03 bits per heavy atom. The van der Waals surface area contributed by atoms with Gasteiger partial charge in [0, 0.05) is 22.8 Å². The van der Waals surface area contributed by atoms with E-state index in [1.54, 1.807) is 22.2 Å². The van der Waals surface area contributed by atoms with Gasteiger partial charge in [0.2, 0.25) is 0 Å². The Bertz CT molecular complexity index is 1390. The number of aromatic nitrogens is 3. The smallest absolute Gasteiger partial charge is 0.262 e. The first-order valence-electron chi connectivity index (χ1n) is 10.6. The first-order chi connectivity index (χ1) is 15.8. The number of thiazole rings is 1. The molecule has 0 bridgehead atoms. The van der Waals surface area contributed by atoms with E-state index in [-0.39, 0.29) is 24.2 Å². The minimum Gasteiger partial charge on any atom is -0.310 e. The van der Waals surface area contributed by atoms with E-state index in [2.05, 4.69) is 15.3 Å². The van der Waals surface area contributed by atoms with Crippen LogP contribution in [-0.2, 0) is 19.4 Å². The molecule has 3 heterocycles. The number of thiophene rings is 1. The second kappa shape index (κ2) is 8.66. The Kier molecular flexibility index (Phi) is 5.84. The molecule has 0 amide bonds. The van der Waals surface area contributed by atoms with Gasteiger partial charge in [-0.3, -0.25) is 9.36 Å². The van der Waals surface area contributed by atoms with Crippen LogP contribution in [0.25, 0.3) is 10.2 Å². The number of halogens is 3. The van der Waals surface area contributed by atoms with Crippen LogP contribution in [0.15, 0.2) is 28.6 Å². The fraction of sp³-hybridized carbons (Fsp3) is 0.348. The number of nitrogens with zero attached hydrogens (tertiary/aromatic N) is 3. The van der Waals surface area contributed by atoms with Gasteiger partial charge in [-0.15, -0.1) is 22.7 Å². The third-order valence-electron chi connectivity index (χ3n) is 6.11. The van der Waals surface area contributed by atoms with Gasteiger partial charge in [0.05, 0.1) is 28.5 Å². The third-order valence-corrected chi connectivity index (χ3v) is 8.07. The summed E-state index contributed by atoms with van der Waals surface area (Å²) in [5.41, 5.74) is 2.19. The quantitative estimate of drug-likeness (QED) is 0.405. The molecule has 0 fully saturated rings. The summed E-state index contributed by atoms with van der Waals surface area (Å²) in [6.45, 7) is 4.12. The van der Waals surface area contributed by atoms with Gasteiger partial charge in [-0.05, 0) is 56.4 Å². The molecule has 1 aromatic carbocycles. The zero-order chi connectivity index (χ0) is 23.3. The maximum Gasteiger partial charge on any atom is 0.262 e. The van der Waals surface area contributed by atoms with E-state index < -0.39 is 17.5 Å². The van der Waals surface area contributed by atoms with Gasteiger partial charge in [-0.2, -0.15) is 0 Å². The van der Waals surface area contributed by atoms with Crippen LogP contribution in [0.4, 0.5) is 13.2 Å². The molecule has 0 saturated heterocycles. The summed E-state index contributed by atoms with van der Waals surface area (Å²) in [5.74, 6) is -3.83. The maximum atomic E-state index is 13.5. The van der Waals surface area contributed by atoms with Crippen molar-refractivity contribution in [3.8, 4) is 0 Å². The molecular weight excluding hydrogens is 469 g/mol. The normalized spacial score (nSPS) is 16.8. The lowest BCUT2D eigenvalue weighted by atomic mass is 9.93. The zero-order valence-corrected chi connectivity index (χ0v) is 19.6. The topological polar surface area (TPSA) is 59.8 Å². The fourth-order valence-corrected chi connectivity index (χ4v) is 6.27. The molecular formula is C23H21F3N4OS2. The van der Waals surface area contributed by atoms with Crippen LogP contribution in [0, 0.1) is 24.4 Å². The van der Waals surface area contributed by atoms with Crippen molar-refractivity contribution in [3.63, 3.8) is 0 Å². The Hall–Kier alpha value is -2.56. The number of nitrogens with one attached hydrogen (secondary N) is 1. The molecule has 3 aromatic heterocycles. The summed E-state index contributed by atoms with van der Waals surface area (Å²) < 4.78 is 41.8. The molecule has 1 aliphatic rings. The molecule has 2 atom stereocenters. The first kappa shape index (κ1) is 22.2. The van der Waals surface area contributed by atoms with Crippen LogP contribution >= 0.6 is 22.7 Å². The lowest BCUT2D eigenvalue weighted by Gasteiger charge is -2.23. The van der Waals surface area contributed by atoms with Crippen molar-refractivity contribution >= 4 is 32.9 Å². The second-order valence-electron chi connectivity index (χ2n) is 8.30. The molecule has 33 heavy (non-hydrogen) atoms. The number of rotatable bonds is 5. The largest absolute Gasteiger partial charge is 0.310 e. The highest BCUT2D eigenvalue weighted by Crippen LogP contribution is 2.34. The fourth-order valence-electron chi connectivity index (χ4n) is 4.32. The van der Waals surface area contributed by atoms with Crippen LogP contribution in [0.5, 0.6) is 0 Å². The third kappa shape index (κ3) is 4.11. The molecule has 5 nitrogen and oxygen atoms in total.